The van der Waals surface area contributed by atoms with Crippen molar-refractivity contribution in [3.05, 3.63) is 29.8 Å². The van der Waals surface area contributed by atoms with Gasteiger partial charge < -0.3 is 4.74 Å². The molecular weight excluding hydrogens is 871 g/mol. The van der Waals surface area contributed by atoms with Crippen LogP contribution in [0, 0.1) is 0 Å². The second-order valence-electron chi connectivity index (χ2n) is 9.05. The second kappa shape index (κ2) is 13.2. The summed E-state index contributed by atoms with van der Waals surface area (Å²) in [5.74, 6) is -25.2. The van der Waals surface area contributed by atoms with Crippen molar-refractivity contribution in [2.75, 3.05) is 12.9 Å². The summed E-state index contributed by atoms with van der Waals surface area (Å²) in [5.41, 5.74) is -8.14. The predicted octanol–water partition coefficient (Wildman–Crippen LogP) is 1.46. The average Bonchev–Trinajstić information content (AvgIpc) is 2.88. The number of sulfonamides is 5. The van der Waals surface area contributed by atoms with Gasteiger partial charge in [-0.3, -0.25) is 4.79 Å². The number of rotatable bonds is 16. The van der Waals surface area contributed by atoms with Crippen LogP contribution < -0.4 is 17.7 Å². The van der Waals surface area contributed by atoms with Crippen LogP contribution in [-0.4, -0.2) is 99.9 Å². The highest BCUT2D eigenvalue weighted by molar-refractivity contribution is 8.05. The first-order chi connectivity index (χ1) is 22.0. The first-order valence-corrected chi connectivity index (χ1v) is 18.9. The molecule has 35 heteroatoms. The molecule has 3 N–H and O–H groups in total. The van der Waals surface area contributed by atoms with Crippen molar-refractivity contribution < 1.29 is 117 Å². The van der Waals surface area contributed by atoms with E-state index in [1.165, 1.54) is 0 Å². The van der Waals surface area contributed by atoms with E-state index in [-0.39, 0.29) is 39.4 Å². The number of carbonyl (C=O) groups is 1. The number of amides is 1. The zero-order valence-corrected chi connectivity index (χ0v) is 27.2. The minimum Gasteiger partial charge on any atom is -0.487 e. The fourth-order valence-electron chi connectivity index (χ4n) is 2.60. The maximum absolute atomic E-state index is 14.2. The van der Waals surface area contributed by atoms with Gasteiger partial charge in [0.25, 0.3) is 26.0 Å². The van der Waals surface area contributed by atoms with Crippen LogP contribution in [0.25, 0.3) is 0 Å². The zero-order valence-electron chi connectivity index (χ0n) is 23.1. The molecule has 0 heterocycles. The lowest BCUT2D eigenvalue weighted by Gasteiger charge is -2.32. The fourth-order valence-corrected chi connectivity index (χ4v) is 8.53. The maximum Gasteiger partial charge on any atom is 0.512 e. The highest BCUT2D eigenvalue weighted by Crippen LogP contribution is 2.51. The molecule has 298 valence electrons. The lowest BCUT2D eigenvalue weighted by atomic mass is 10.2. The molecule has 1 amide bonds. The highest BCUT2D eigenvalue weighted by atomic mass is 32.3. The van der Waals surface area contributed by atoms with Crippen molar-refractivity contribution in [2.24, 2.45) is 0 Å². The van der Waals surface area contributed by atoms with E-state index in [9.17, 15) is 113 Å². The Morgan fingerprint density at radius 1 is 0.569 bits per heavy atom. The Hall–Kier alpha value is -2.89. The number of carbonyl (C=O) groups excluding carboxylic acids is 1. The van der Waals surface area contributed by atoms with Crippen LogP contribution in [0.4, 0.5) is 65.9 Å². The van der Waals surface area contributed by atoms with Gasteiger partial charge in [-0.1, -0.05) is 4.13 Å². The fraction of sp³-hybridized carbons (Fsp3) is 0.562. The Morgan fingerprint density at radius 3 is 1.33 bits per heavy atom. The first-order valence-electron chi connectivity index (χ1n) is 11.1. The van der Waals surface area contributed by atoms with Crippen molar-refractivity contribution in [1.29, 1.82) is 0 Å². The zero-order chi connectivity index (χ0) is 41.1. The van der Waals surface area contributed by atoms with Crippen molar-refractivity contribution in [3.63, 3.8) is 0 Å². The number of ether oxygens (including phenoxy) is 1. The third kappa shape index (κ3) is 8.51. The molecule has 0 saturated heterocycles. The summed E-state index contributed by atoms with van der Waals surface area (Å²) in [6.45, 7) is -3.08. The largest absolute Gasteiger partial charge is 0.512 e. The molecule has 0 aliphatic heterocycles. The topological polar surface area (TPSA) is 233 Å². The Morgan fingerprint density at radius 2 is 0.941 bits per heavy atom. The van der Waals surface area contributed by atoms with Crippen molar-refractivity contribution in [3.8, 4) is 5.75 Å². The number of hydrogen-bond acceptors (Lipinski definition) is 12. The van der Waals surface area contributed by atoms with Crippen LogP contribution in [0.15, 0.2) is 24.3 Å². The maximum atomic E-state index is 14.2. The van der Waals surface area contributed by atoms with Gasteiger partial charge in [0, 0.05) is 5.56 Å². The lowest BCUT2D eigenvalue weighted by molar-refractivity contribution is -0.286. The molecule has 51 heavy (non-hydrogen) atoms. The molecule has 0 atom stereocenters. The third-order valence-electron chi connectivity index (χ3n) is 5.12. The molecule has 1 aromatic carbocycles. The van der Waals surface area contributed by atoms with Crippen molar-refractivity contribution in [1.82, 2.24) is 13.0 Å². The summed E-state index contributed by atoms with van der Waals surface area (Å²) in [5, 5.41) is -21.9. The number of halogens is 15. The summed E-state index contributed by atoms with van der Waals surface area (Å²) in [6, 6.07) is 0.193. The quantitative estimate of drug-likeness (QED) is 0.200. The third-order valence-corrected chi connectivity index (χ3v) is 12.8. The van der Waals surface area contributed by atoms with E-state index in [4.69, 9.17) is 0 Å². The summed E-state index contributed by atoms with van der Waals surface area (Å²) < 4.78 is 320. The van der Waals surface area contributed by atoms with E-state index in [0.29, 0.717) is 0 Å². The SMILES string of the molecule is CS(=O)(=O)NS(=O)(=O)C(F)(F)C(F)(F)C(F)(F)S(=O)(=O)NC(=O)c1ccc(OCC(F)(F)C(F)(F)C(F)(F)S(=O)(=O)NS(=O)(=O)C(F)(F)F)cc1. The van der Waals surface area contributed by atoms with E-state index >= 15 is 0 Å². The van der Waals surface area contributed by atoms with Gasteiger partial charge in [0.1, 0.15) is 5.75 Å². The van der Waals surface area contributed by atoms with E-state index < -0.39 is 117 Å². The van der Waals surface area contributed by atoms with Gasteiger partial charge in [0.2, 0.25) is 10.0 Å². The number of nitrogens with one attached hydrogen (secondary N) is 3. The number of alkyl halides is 15. The average molecular weight is 884 g/mol. The van der Waals surface area contributed by atoms with E-state index in [0.717, 1.165) is 0 Å². The molecular formula is C16H12F15N3O12S5. The molecule has 0 unspecified atom stereocenters. The van der Waals surface area contributed by atoms with Crippen LogP contribution >= 0.6 is 0 Å². The van der Waals surface area contributed by atoms with E-state index in [1.54, 1.807) is 0 Å². The molecule has 1 aromatic rings. The molecule has 0 spiro atoms. The Bertz CT molecular complexity index is 2070. The van der Waals surface area contributed by atoms with Crippen LogP contribution in [0.5, 0.6) is 5.75 Å². The van der Waals surface area contributed by atoms with Crippen LogP contribution in [-0.2, 0) is 50.1 Å². The molecule has 0 aliphatic rings. The smallest absolute Gasteiger partial charge is 0.487 e. The lowest BCUT2D eigenvalue weighted by Crippen LogP contribution is -2.65. The number of hydrogen-bond donors (Lipinski definition) is 3. The van der Waals surface area contributed by atoms with Crippen LogP contribution in [0.1, 0.15) is 10.4 Å². The molecule has 0 aliphatic carbocycles. The Kier molecular flexibility index (Phi) is 11.9. The minimum atomic E-state index is -7.87. The highest BCUT2D eigenvalue weighted by Gasteiger charge is 2.83. The first kappa shape index (κ1) is 46.1. The van der Waals surface area contributed by atoms with Crippen molar-refractivity contribution >= 4 is 56.0 Å². The number of benzene rings is 1. The van der Waals surface area contributed by atoms with Gasteiger partial charge in [0.15, 0.2) is 6.61 Å². The van der Waals surface area contributed by atoms with Gasteiger partial charge in [-0.25, -0.2) is 38.4 Å². The molecule has 0 bridgehead atoms. The van der Waals surface area contributed by atoms with Crippen molar-refractivity contribution in [2.45, 2.75) is 39.0 Å². The van der Waals surface area contributed by atoms with Gasteiger partial charge in [-0.15, -0.1) is 4.13 Å². The Balaban J connectivity index is 3.27. The van der Waals surface area contributed by atoms with E-state index in [2.05, 4.69) is 4.74 Å². The van der Waals surface area contributed by atoms with Gasteiger partial charge in [0.05, 0.1) is 6.26 Å². The molecule has 1 rings (SSSR count). The van der Waals surface area contributed by atoms with Crippen LogP contribution in [0.2, 0.25) is 0 Å². The van der Waals surface area contributed by atoms with Gasteiger partial charge in [-0.05, 0) is 24.3 Å². The second-order valence-corrected chi connectivity index (χ2v) is 18.2. The summed E-state index contributed by atoms with van der Waals surface area (Å²) in [6.07, 6.45) is -0.240. The summed E-state index contributed by atoms with van der Waals surface area (Å²) in [7, 11) is -35.6. The normalized spacial score (nSPS) is 15.4. The molecule has 15 nitrogen and oxygen atoms in total. The molecule has 0 saturated carbocycles. The van der Waals surface area contributed by atoms with Crippen LogP contribution in [0.3, 0.4) is 0 Å². The predicted molar refractivity (Wildman–Crippen MR) is 132 cm³/mol. The minimum absolute atomic E-state index is 0.0346. The van der Waals surface area contributed by atoms with E-state index in [1.807, 2.05) is 0 Å². The summed E-state index contributed by atoms with van der Waals surface area (Å²) >= 11 is 0. The Labute approximate surface area is 273 Å². The molecule has 0 radical (unpaired) electrons. The monoisotopic (exact) mass is 883 g/mol. The standard InChI is InChI=1S/C16H12F15N3O12S5/c1-47(36,37)33-49(40,41)15(27,28)12(21,22)14(25,26)48(38,39)32-9(35)7-2-4-8(5-3-7)46-6-10(17,18)11(19,20)13(23,24)50(42,43)34-51(44,45)16(29,30)31/h2-5,33-34H,6H2,1H3,(H,32,35). The van der Waals surface area contributed by atoms with Gasteiger partial charge >= 0.3 is 59.1 Å². The summed E-state index contributed by atoms with van der Waals surface area (Å²) in [4.78, 5) is 12.0. The van der Waals surface area contributed by atoms with Gasteiger partial charge in [-0.2, -0.15) is 74.3 Å². The molecule has 0 aromatic heterocycles. The molecule has 0 fully saturated rings.